The van der Waals surface area contributed by atoms with Crippen LogP contribution in [0.5, 0.6) is 0 Å². The van der Waals surface area contributed by atoms with Gasteiger partial charge in [-0.1, -0.05) is 127 Å². The van der Waals surface area contributed by atoms with E-state index in [0.717, 1.165) is 6.42 Å². The van der Waals surface area contributed by atoms with E-state index in [1.54, 1.807) is 0 Å². The fraction of sp³-hybridized carbons (Fsp3) is 0.760. The second-order valence-corrected chi connectivity index (χ2v) is 7.97. The maximum Gasteiger partial charge on any atom is 0.0431 e. The molecule has 26 heavy (non-hydrogen) atoms. The second-order valence-electron chi connectivity index (χ2n) is 7.97. The minimum atomic E-state index is 0.369. The Bertz CT molecular complexity index is 373. The number of hydrogen-bond donors (Lipinski definition) is 1. The molecule has 1 rings (SSSR count). The molecule has 0 unspecified atom stereocenters. The molecule has 0 aliphatic rings. The number of benzene rings is 1. The van der Waals surface area contributed by atoms with Crippen molar-refractivity contribution in [3.63, 3.8) is 0 Å². The first kappa shape index (κ1) is 23.2. The first-order valence-corrected chi connectivity index (χ1v) is 11.6. The molecule has 0 aromatic heterocycles. The average Bonchev–Trinajstić information content (AvgIpc) is 2.68. The van der Waals surface area contributed by atoms with Crippen LogP contribution < -0.4 is 0 Å². The Hall–Kier alpha value is -0.820. The van der Waals surface area contributed by atoms with Crippen LogP contribution in [0, 0.1) is 0 Å². The first-order valence-electron chi connectivity index (χ1n) is 11.6. The maximum absolute atomic E-state index is 8.73. The highest BCUT2D eigenvalue weighted by molar-refractivity contribution is 5.14. The highest BCUT2D eigenvalue weighted by atomic mass is 16.2. The molecule has 0 saturated carbocycles. The highest BCUT2D eigenvalue weighted by Gasteiger charge is 1.96. The zero-order valence-corrected chi connectivity index (χ0v) is 17.3. The monoisotopic (exact) mass is 360 g/mol. The van der Waals surface area contributed by atoms with Gasteiger partial charge in [0.15, 0.2) is 0 Å². The van der Waals surface area contributed by atoms with Crippen LogP contribution in [0.15, 0.2) is 30.3 Å². The largest absolute Gasteiger partial charge is 0.396 e. The number of aliphatic hydroxyl groups is 1. The van der Waals surface area contributed by atoms with E-state index in [4.69, 9.17) is 5.11 Å². The Morgan fingerprint density at radius 2 is 0.769 bits per heavy atom. The number of rotatable bonds is 19. The Balaban J connectivity index is 1.68. The van der Waals surface area contributed by atoms with Gasteiger partial charge < -0.3 is 5.11 Å². The standard InChI is InChI=1S/C25H44O/c26-24-20-15-13-11-9-7-5-3-1-2-4-6-8-10-12-14-17-21-25-22-18-16-19-23-25/h16,18-19,22-23,26H,1-15,17,20-21,24H2. The van der Waals surface area contributed by atoms with Gasteiger partial charge in [0.2, 0.25) is 0 Å². The summed E-state index contributed by atoms with van der Waals surface area (Å²) in [6, 6.07) is 10.9. The molecule has 150 valence electrons. The van der Waals surface area contributed by atoms with Crippen molar-refractivity contribution in [3.8, 4) is 0 Å². The third-order valence-electron chi connectivity index (χ3n) is 5.47. The molecule has 0 spiro atoms. The third-order valence-corrected chi connectivity index (χ3v) is 5.47. The van der Waals surface area contributed by atoms with Crippen LogP contribution in [0.4, 0.5) is 0 Å². The van der Waals surface area contributed by atoms with Crippen molar-refractivity contribution < 1.29 is 5.11 Å². The maximum atomic E-state index is 8.73. The molecule has 0 saturated heterocycles. The normalized spacial score (nSPS) is 11.1. The lowest BCUT2D eigenvalue weighted by Crippen LogP contribution is -1.86. The number of hydrogen-bond acceptors (Lipinski definition) is 1. The van der Waals surface area contributed by atoms with Crippen molar-refractivity contribution in [3.05, 3.63) is 35.9 Å². The molecule has 0 atom stereocenters. The summed E-state index contributed by atoms with van der Waals surface area (Å²) in [5.74, 6) is 0. The van der Waals surface area contributed by atoms with Gasteiger partial charge in [-0.05, 0) is 24.8 Å². The fourth-order valence-electron chi connectivity index (χ4n) is 3.74. The lowest BCUT2D eigenvalue weighted by atomic mass is 10.0. The van der Waals surface area contributed by atoms with Crippen molar-refractivity contribution in [1.82, 2.24) is 0 Å². The van der Waals surface area contributed by atoms with Crippen LogP contribution in [0.2, 0.25) is 0 Å². The Labute approximate surface area is 163 Å². The minimum Gasteiger partial charge on any atom is -0.396 e. The summed E-state index contributed by atoms with van der Waals surface area (Å²) in [7, 11) is 0. The zero-order chi connectivity index (χ0) is 18.5. The van der Waals surface area contributed by atoms with Crippen LogP contribution in [-0.4, -0.2) is 11.7 Å². The highest BCUT2D eigenvalue weighted by Crippen LogP contribution is 2.14. The molecular weight excluding hydrogens is 316 g/mol. The Morgan fingerprint density at radius 1 is 0.423 bits per heavy atom. The van der Waals surface area contributed by atoms with Gasteiger partial charge in [0.05, 0.1) is 0 Å². The van der Waals surface area contributed by atoms with Gasteiger partial charge in [-0.15, -0.1) is 0 Å². The zero-order valence-electron chi connectivity index (χ0n) is 17.3. The first-order chi connectivity index (χ1) is 12.9. The molecule has 0 radical (unpaired) electrons. The second kappa shape index (κ2) is 19.0. The van der Waals surface area contributed by atoms with Crippen molar-refractivity contribution in [2.24, 2.45) is 0 Å². The Morgan fingerprint density at radius 3 is 1.15 bits per heavy atom. The van der Waals surface area contributed by atoms with E-state index in [2.05, 4.69) is 30.3 Å². The fourth-order valence-corrected chi connectivity index (χ4v) is 3.74. The van der Waals surface area contributed by atoms with Gasteiger partial charge in [0.1, 0.15) is 0 Å². The van der Waals surface area contributed by atoms with E-state index >= 15 is 0 Å². The number of unbranched alkanes of at least 4 members (excludes halogenated alkanes) is 16. The molecule has 0 heterocycles. The molecule has 1 aromatic carbocycles. The summed E-state index contributed by atoms with van der Waals surface area (Å²) in [4.78, 5) is 0. The van der Waals surface area contributed by atoms with E-state index in [1.165, 1.54) is 115 Å². The summed E-state index contributed by atoms with van der Waals surface area (Å²) in [6.07, 6.45) is 24.7. The van der Waals surface area contributed by atoms with Gasteiger partial charge in [-0.3, -0.25) is 0 Å². The SMILES string of the molecule is OCCCCCCCCCCCCCCCCCCCc1ccccc1. The predicted octanol–water partition coefficient (Wildman–Crippen LogP) is 7.85. The van der Waals surface area contributed by atoms with Crippen LogP contribution in [0.25, 0.3) is 0 Å². The molecule has 1 nitrogen and oxygen atoms in total. The van der Waals surface area contributed by atoms with Gasteiger partial charge in [-0.2, -0.15) is 0 Å². The van der Waals surface area contributed by atoms with Crippen molar-refractivity contribution in [2.45, 2.75) is 116 Å². The van der Waals surface area contributed by atoms with Crippen molar-refractivity contribution in [2.75, 3.05) is 6.61 Å². The molecule has 0 bridgehead atoms. The molecule has 1 heteroatoms. The third kappa shape index (κ3) is 15.4. The van der Waals surface area contributed by atoms with Gasteiger partial charge in [0, 0.05) is 6.61 Å². The summed E-state index contributed by atoms with van der Waals surface area (Å²) >= 11 is 0. The van der Waals surface area contributed by atoms with Crippen LogP contribution in [0.3, 0.4) is 0 Å². The quantitative estimate of drug-likeness (QED) is 0.249. The van der Waals surface area contributed by atoms with Crippen LogP contribution in [0.1, 0.15) is 115 Å². The number of aryl methyl sites for hydroxylation is 1. The molecule has 0 fully saturated rings. The van der Waals surface area contributed by atoms with Crippen LogP contribution >= 0.6 is 0 Å². The molecule has 0 aliphatic carbocycles. The topological polar surface area (TPSA) is 20.2 Å². The molecule has 1 N–H and O–H groups in total. The lowest BCUT2D eigenvalue weighted by Gasteiger charge is -2.04. The van der Waals surface area contributed by atoms with E-state index in [0.29, 0.717) is 6.61 Å². The van der Waals surface area contributed by atoms with E-state index in [-0.39, 0.29) is 0 Å². The molecule has 0 aliphatic heterocycles. The van der Waals surface area contributed by atoms with E-state index in [9.17, 15) is 0 Å². The van der Waals surface area contributed by atoms with Gasteiger partial charge >= 0.3 is 0 Å². The molecular formula is C25H44O. The van der Waals surface area contributed by atoms with Gasteiger partial charge in [-0.25, -0.2) is 0 Å². The minimum absolute atomic E-state index is 0.369. The summed E-state index contributed by atoms with van der Waals surface area (Å²) in [5, 5.41) is 8.73. The molecule has 0 amide bonds. The van der Waals surface area contributed by atoms with E-state index in [1.807, 2.05) is 0 Å². The van der Waals surface area contributed by atoms with Crippen molar-refractivity contribution in [1.29, 1.82) is 0 Å². The van der Waals surface area contributed by atoms with E-state index < -0.39 is 0 Å². The smallest absolute Gasteiger partial charge is 0.0431 e. The van der Waals surface area contributed by atoms with Gasteiger partial charge in [0.25, 0.3) is 0 Å². The summed E-state index contributed by atoms with van der Waals surface area (Å²) in [6.45, 7) is 0.369. The summed E-state index contributed by atoms with van der Waals surface area (Å²) < 4.78 is 0. The lowest BCUT2D eigenvalue weighted by molar-refractivity contribution is 0.282. The Kier molecular flexibility index (Phi) is 16.9. The molecule has 1 aromatic rings. The average molecular weight is 361 g/mol. The van der Waals surface area contributed by atoms with Crippen LogP contribution in [-0.2, 0) is 6.42 Å². The predicted molar refractivity (Wildman–Crippen MR) is 116 cm³/mol. The summed E-state index contributed by atoms with van der Waals surface area (Å²) in [5.41, 5.74) is 1.49. The number of aliphatic hydroxyl groups excluding tert-OH is 1. The van der Waals surface area contributed by atoms with Crippen molar-refractivity contribution >= 4 is 0 Å².